The van der Waals surface area contributed by atoms with Crippen molar-refractivity contribution in [1.29, 1.82) is 0 Å². The largest absolute Gasteiger partial charge is 1.00 e. The van der Waals surface area contributed by atoms with Crippen molar-refractivity contribution in [2.45, 2.75) is 0 Å². The normalized spacial score (nSPS) is 6.48. The minimum absolute atomic E-state index is 0. The number of rotatable bonds is 0. The molecule has 36 N–H and O–H groups in total. The van der Waals surface area contributed by atoms with E-state index in [4.69, 9.17) is 181 Å². The maximum Gasteiger partial charge on any atom is 1.00 e. The number of hydrogen-bond donors (Lipinski definition) is 36. The third-order valence-electron chi connectivity index (χ3n) is 0. The first kappa shape index (κ1) is 92.6. The second kappa shape index (κ2) is 87.0. The van der Waals surface area contributed by atoms with Crippen LogP contribution in [0.4, 0.5) is 4.70 Å². The fourth-order valence-corrected chi connectivity index (χ4v) is 0. The van der Waals surface area contributed by atoms with Crippen molar-refractivity contribution in [2.24, 2.45) is 0 Å². The summed E-state index contributed by atoms with van der Waals surface area (Å²) in [7, 11) is -26.0. The zero-order chi connectivity index (χ0) is 42.9. The van der Waals surface area contributed by atoms with E-state index in [0.29, 0.717) is 0 Å². The van der Waals surface area contributed by atoms with Crippen LogP contribution in [0.25, 0.3) is 0 Å². The van der Waals surface area contributed by atoms with Crippen molar-refractivity contribution in [3.05, 3.63) is 0 Å². The Labute approximate surface area is 294 Å². The van der Waals surface area contributed by atoms with Crippen LogP contribution >= 0.6 is 0 Å². The SMILES string of the molecule is F.OB(O)O.OB(O)O.OB(O)O.OB(O)O.OB(O)O.OB(O)O.OB(O)O.OB(O)O.OB(O)O.OB(O)O.OB(O)O.OB(O)O.[H-].[Li+]. The fourth-order valence-electron chi connectivity index (χ4n) is 0. The smallest absolute Gasteiger partial charge is 1.00 e. The van der Waals surface area contributed by atoms with Crippen LogP contribution < -0.4 is 18.9 Å². The molecular weight excluding hydrogens is 732 g/mol. The van der Waals surface area contributed by atoms with Gasteiger partial charge in [0.25, 0.3) is 0 Å². The molecule has 36 nitrogen and oxygen atoms in total. The molecule has 0 bridgehead atoms. The predicted octanol–water partition coefficient (Wildman–Crippen LogP) is -27.4. The summed E-state index contributed by atoms with van der Waals surface area (Å²) >= 11 is 0. The monoisotopic (exact) mass is 772 g/mol. The first-order chi connectivity index (χ1) is 20.8. The summed E-state index contributed by atoms with van der Waals surface area (Å²) < 4.78 is 0. The molecule has 0 atom stereocenters. The molecule has 0 amide bonds. The summed E-state index contributed by atoms with van der Waals surface area (Å²) in [5.74, 6) is 0. The van der Waals surface area contributed by atoms with Crippen molar-refractivity contribution in [2.75, 3.05) is 0 Å². The summed E-state index contributed by atoms with van der Waals surface area (Å²) in [5, 5.41) is 258. The van der Waals surface area contributed by atoms with Gasteiger partial charge in [-0.1, -0.05) is 0 Å². The van der Waals surface area contributed by atoms with E-state index in [9.17, 15) is 0 Å². The molecule has 0 fully saturated rings. The van der Waals surface area contributed by atoms with Crippen LogP contribution in [0.15, 0.2) is 0 Å². The van der Waals surface area contributed by atoms with Crippen molar-refractivity contribution < 1.29 is 206 Å². The van der Waals surface area contributed by atoms with E-state index in [0.717, 1.165) is 0 Å². The molecule has 0 aliphatic heterocycles. The molecule has 0 saturated carbocycles. The maximum atomic E-state index is 7.17. The predicted molar refractivity (Wildman–Crippen MR) is 153 cm³/mol. The molecule has 0 rings (SSSR count). The minimum Gasteiger partial charge on any atom is -1.00 e. The molecule has 0 unspecified atom stereocenters. The first-order valence-corrected chi connectivity index (χ1v) is 9.30. The molecule has 0 saturated heterocycles. The maximum absolute atomic E-state index is 7.17. The molecule has 0 aromatic carbocycles. The summed E-state index contributed by atoms with van der Waals surface area (Å²) in [6.45, 7) is 0. The van der Waals surface area contributed by atoms with E-state index in [1.807, 2.05) is 0 Å². The number of hydrogen-bond acceptors (Lipinski definition) is 36. The Morgan fingerprint density at radius 1 is 0.140 bits per heavy atom. The van der Waals surface area contributed by atoms with Crippen LogP contribution in [-0.2, 0) is 0 Å². The molecule has 0 aliphatic rings. The van der Waals surface area contributed by atoms with Crippen LogP contribution in [0, 0.1) is 0 Å². The Kier molecular flexibility index (Phi) is 161. The van der Waals surface area contributed by atoms with Gasteiger partial charge in [0.15, 0.2) is 0 Å². The molecule has 298 valence electrons. The summed E-state index contributed by atoms with van der Waals surface area (Å²) in [6.07, 6.45) is 0. The first-order valence-electron chi connectivity index (χ1n) is 9.30. The molecular formula is H38B12FLiO36. The van der Waals surface area contributed by atoms with E-state index in [2.05, 4.69) is 0 Å². The zero-order valence-corrected chi connectivity index (χ0v) is 24.4. The van der Waals surface area contributed by atoms with Crippen LogP contribution in [0.2, 0.25) is 0 Å². The minimum atomic E-state index is -2.17. The van der Waals surface area contributed by atoms with Crippen LogP contribution in [0.3, 0.4) is 0 Å². The van der Waals surface area contributed by atoms with Crippen LogP contribution in [0.5, 0.6) is 0 Å². The summed E-state index contributed by atoms with van der Waals surface area (Å²) in [5.41, 5.74) is 0. The van der Waals surface area contributed by atoms with Gasteiger partial charge >= 0.3 is 107 Å². The topological polar surface area (TPSA) is 728 Å². The quantitative estimate of drug-likeness (QED) is 0.102. The van der Waals surface area contributed by atoms with Gasteiger partial charge in [0.1, 0.15) is 0 Å². The van der Waals surface area contributed by atoms with Crippen molar-refractivity contribution in [3.8, 4) is 0 Å². The second-order valence-electron chi connectivity index (χ2n) is 4.16. The van der Waals surface area contributed by atoms with Gasteiger partial charge in [-0.25, -0.2) is 0 Å². The van der Waals surface area contributed by atoms with E-state index >= 15 is 0 Å². The Balaban J connectivity index is -0.0000000212. The Morgan fingerprint density at radius 3 is 0.140 bits per heavy atom. The molecule has 50 heavy (non-hydrogen) atoms. The van der Waals surface area contributed by atoms with E-state index < -0.39 is 87.9 Å². The van der Waals surface area contributed by atoms with Gasteiger partial charge < -0.3 is 182 Å². The third kappa shape index (κ3) is 5910000. The van der Waals surface area contributed by atoms with Crippen molar-refractivity contribution in [3.63, 3.8) is 0 Å². The van der Waals surface area contributed by atoms with Gasteiger partial charge in [0, 0.05) is 0 Å². The van der Waals surface area contributed by atoms with Crippen molar-refractivity contribution >= 4 is 87.9 Å². The van der Waals surface area contributed by atoms with E-state index in [1.165, 1.54) is 0 Å². The van der Waals surface area contributed by atoms with Gasteiger partial charge in [-0.15, -0.1) is 0 Å². The Morgan fingerprint density at radius 2 is 0.140 bits per heavy atom. The zero-order valence-electron chi connectivity index (χ0n) is 25.4. The molecule has 0 aromatic rings. The van der Waals surface area contributed by atoms with Gasteiger partial charge in [0.2, 0.25) is 0 Å². The molecule has 50 heteroatoms. The fraction of sp³-hybridized carbons (Fsp3) is 0. The van der Waals surface area contributed by atoms with Crippen LogP contribution in [0.1, 0.15) is 1.43 Å². The number of halogens is 1. The Hall–Kier alpha value is -0.133. The standard InChI is InChI=1S/12BH3O3.FH.Li.H/c12*2-1(3)4;;;/h12*2-4H;1H;;/q;;;;;;;;;;;;;+1;-1. The van der Waals surface area contributed by atoms with Crippen molar-refractivity contribution in [1.82, 2.24) is 0 Å². The molecule has 0 aromatic heterocycles. The second-order valence-corrected chi connectivity index (χ2v) is 4.16. The van der Waals surface area contributed by atoms with Gasteiger partial charge in [-0.3, -0.25) is 4.70 Å². The Bertz CT molecular complexity index is 246. The molecule has 0 aliphatic carbocycles. The summed E-state index contributed by atoms with van der Waals surface area (Å²) in [4.78, 5) is 0. The van der Waals surface area contributed by atoms with E-state index in [1.54, 1.807) is 0 Å². The average Bonchev–Trinajstić information content (AvgIpc) is 2.61. The summed E-state index contributed by atoms with van der Waals surface area (Å²) in [6, 6.07) is 0. The average molecular weight is 770 g/mol. The van der Waals surface area contributed by atoms with Gasteiger partial charge in [0.05, 0.1) is 0 Å². The van der Waals surface area contributed by atoms with Gasteiger partial charge in [-0.2, -0.15) is 0 Å². The third-order valence-corrected chi connectivity index (χ3v) is 0. The van der Waals surface area contributed by atoms with E-state index in [-0.39, 0.29) is 25.0 Å². The molecule has 0 spiro atoms. The van der Waals surface area contributed by atoms with Crippen LogP contribution in [-0.4, -0.2) is 269 Å². The molecule has 0 radical (unpaired) electrons. The van der Waals surface area contributed by atoms with Gasteiger partial charge in [-0.05, 0) is 0 Å². The molecule has 0 heterocycles.